The summed E-state index contributed by atoms with van der Waals surface area (Å²) < 4.78 is 7.24. The van der Waals surface area contributed by atoms with Gasteiger partial charge in [-0.05, 0) is 45.4 Å². The summed E-state index contributed by atoms with van der Waals surface area (Å²) in [6, 6.07) is 7.69. The second-order valence-electron chi connectivity index (χ2n) is 6.01. The second kappa shape index (κ2) is 5.99. The van der Waals surface area contributed by atoms with Gasteiger partial charge in [0.05, 0.1) is 12.0 Å². The fraction of sp³-hybridized carbons (Fsp3) is 0.375. The van der Waals surface area contributed by atoms with Crippen molar-refractivity contribution >= 4 is 11.8 Å². The second-order valence-corrected chi connectivity index (χ2v) is 6.01. The van der Waals surface area contributed by atoms with E-state index >= 15 is 0 Å². The average Bonchev–Trinajstić information content (AvgIpc) is 2.72. The molecule has 0 saturated carbocycles. The number of imidazole rings is 1. The third kappa shape index (κ3) is 4.95. The number of carbonyl (C=O) groups excluding carboxylic acids is 1. The molecule has 0 unspecified atom stereocenters. The van der Waals surface area contributed by atoms with Crippen LogP contribution in [0, 0.1) is 6.92 Å². The van der Waals surface area contributed by atoms with Gasteiger partial charge in [-0.15, -0.1) is 0 Å². The van der Waals surface area contributed by atoms with Gasteiger partial charge in [-0.2, -0.15) is 0 Å². The Labute approximate surface area is 125 Å². The van der Waals surface area contributed by atoms with Gasteiger partial charge in [-0.3, -0.25) is 5.32 Å². The van der Waals surface area contributed by atoms with Gasteiger partial charge in [0.1, 0.15) is 5.60 Å². The molecule has 5 nitrogen and oxygen atoms in total. The molecule has 1 aromatic heterocycles. The lowest BCUT2D eigenvalue weighted by Crippen LogP contribution is -2.27. The van der Waals surface area contributed by atoms with Crippen LogP contribution in [0.1, 0.15) is 32.0 Å². The van der Waals surface area contributed by atoms with Crippen molar-refractivity contribution in [2.45, 2.75) is 39.8 Å². The normalized spacial score (nSPS) is 11.2. The molecule has 0 aliphatic heterocycles. The van der Waals surface area contributed by atoms with Crippen LogP contribution in [0.25, 0.3) is 0 Å². The summed E-state index contributed by atoms with van der Waals surface area (Å²) in [5, 5.41) is 2.74. The lowest BCUT2D eigenvalue weighted by Gasteiger charge is -2.19. The maximum Gasteiger partial charge on any atom is 0.412 e. The van der Waals surface area contributed by atoms with E-state index in [9.17, 15) is 4.79 Å². The molecular weight excluding hydrogens is 266 g/mol. The van der Waals surface area contributed by atoms with Crippen LogP contribution in [0.2, 0.25) is 0 Å². The molecular formula is C16H21N3O2. The van der Waals surface area contributed by atoms with Gasteiger partial charge >= 0.3 is 6.09 Å². The zero-order chi connectivity index (χ0) is 15.5. The standard InChI is InChI=1S/C16H21N3O2/c1-12-9-19(11-17-12)10-13-6-5-7-14(8-13)18-15(20)21-16(2,3)4/h5-9,11H,10H2,1-4H3,(H,18,20). The van der Waals surface area contributed by atoms with Crippen LogP contribution in [0.4, 0.5) is 10.5 Å². The van der Waals surface area contributed by atoms with E-state index in [4.69, 9.17) is 4.74 Å². The predicted molar refractivity (Wildman–Crippen MR) is 82.4 cm³/mol. The molecule has 5 heteroatoms. The van der Waals surface area contributed by atoms with Crippen LogP contribution >= 0.6 is 0 Å². The van der Waals surface area contributed by atoms with E-state index in [1.807, 2.05) is 62.7 Å². The highest BCUT2D eigenvalue weighted by Crippen LogP contribution is 2.14. The zero-order valence-corrected chi connectivity index (χ0v) is 12.9. The van der Waals surface area contributed by atoms with Crippen LogP contribution in [0.15, 0.2) is 36.8 Å². The predicted octanol–water partition coefficient (Wildman–Crippen LogP) is 3.59. The molecule has 1 aromatic carbocycles. The maximum atomic E-state index is 11.8. The van der Waals surface area contributed by atoms with Crippen LogP contribution in [0.3, 0.4) is 0 Å². The first-order valence-electron chi connectivity index (χ1n) is 6.89. The molecule has 1 amide bonds. The molecule has 0 radical (unpaired) electrons. The Morgan fingerprint density at radius 1 is 1.38 bits per heavy atom. The Hall–Kier alpha value is -2.30. The first kappa shape index (κ1) is 15.1. The first-order chi connectivity index (χ1) is 9.82. The molecule has 0 fully saturated rings. The van der Waals surface area contributed by atoms with Crippen molar-refractivity contribution in [1.29, 1.82) is 0 Å². The number of nitrogens with zero attached hydrogens (tertiary/aromatic N) is 2. The molecule has 0 spiro atoms. The van der Waals surface area contributed by atoms with Crippen LogP contribution in [-0.2, 0) is 11.3 Å². The van der Waals surface area contributed by atoms with Crippen molar-refractivity contribution < 1.29 is 9.53 Å². The molecule has 21 heavy (non-hydrogen) atoms. The van der Waals surface area contributed by atoms with Gasteiger partial charge in [-0.1, -0.05) is 12.1 Å². The maximum absolute atomic E-state index is 11.8. The van der Waals surface area contributed by atoms with Crippen molar-refractivity contribution in [3.63, 3.8) is 0 Å². The van der Waals surface area contributed by atoms with Gasteiger partial charge in [0, 0.05) is 18.4 Å². The third-order valence-electron chi connectivity index (χ3n) is 2.70. The van der Waals surface area contributed by atoms with E-state index in [-0.39, 0.29) is 0 Å². The quantitative estimate of drug-likeness (QED) is 0.938. The van der Waals surface area contributed by atoms with E-state index in [2.05, 4.69) is 10.3 Å². The molecule has 1 heterocycles. The van der Waals surface area contributed by atoms with Crippen molar-refractivity contribution in [2.24, 2.45) is 0 Å². The number of nitrogens with one attached hydrogen (secondary N) is 1. The number of benzene rings is 1. The highest BCUT2D eigenvalue weighted by molar-refractivity contribution is 5.84. The lowest BCUT2D eigenvalue weighted by molar-refractivity contribution is 0.0636. The molecule has 2 rings (SSSR count). The fourth-order valence-corrected chi connectivity index (χ4v) is 1.94. The number of ether oxygens (including phenoxy) is 1. The van der Waals surface area contributed by atoms with Gasteiger partial charge in [-0.25, -0.2) is 9.78 Å². The number of carbonyl (C=O) groups is 1. The third-order valence-corrected chi connectivity index (χ3v) is 2.70. The number of amides is 1. The SMILES string of the molecule is Cc1cn(Cc2cccc(NC(=O)OC(C)(C)C)c2)cn1. The topological polar surface area (TPSA) is 56.2 Å². The molecule has 0 atom stereocenters. The zero-order valence-electron chi connectivity index (χ0n) is 12.9. The Morgan fingerprint density at radius 3 is 2.76 bits per heavy atom. The minimum Gasteiger partial charge on any atom is -0.444 e. The minimum atomic E-state index is -0.504. The van der Waals surface area contributed by atoms with Gasteiger partial charge < -0.3 is 9.30 Å². The highest BCUT2D eigenvalue weighted by atomic mass is 16.6. The molecule has 112 valence electrons. The van der Waals surface area contributed by atoms with Crippen LogP contribution in [0.5, 0.6) is 0 Å². The summed E-state index contributed by atoms with van der Waals surface area (Å²) >= 11 is 0. The number of aromatic nitrogens is 2. The Balaban J connectivity index is 2.02. The van der Waals surface area contributed by atoms with Gasteiger partial charge in [0.2, 0.25) is 0 Å². The number of hydrogen-bond donors (Lipinski definition) is 1. The first-order valence-corrected chi connectivity index (χ1v) is 6.89. The monoisotopic (exact) mass is 287 g/mol. The smallest absolute Gasteiger partial charge is 0.412 e. The van der Waals surface area contributed by atoms with Crippen molar-refractivity contribution in [3.05, 3.63) is 48.0 Å². The average molecular weight is 287 g/mol. The summed E-state index contributed by atoms with van der Waals surface area (Å²) in [5.74, 6) is 0. The van der Waals surface area contributed by atoms with Crippen LogP contribution in [-0.4, -0.2) is 21.2 Å². The summed E-state index contributed by atoms with van der Waals surface area (Å²) in [4.78, 5) is 15.9. The lowest BCUT2D eigenvalue weighted by atomic mass is 10.2. The molecule has 0 aliphatic rings. The van der Waals surface area contributed by atoms with Crippen molar-refractivity contribution in [3.8, 4) is 0 Å². The summed E-state index contributed by atoms with van der Waals surface area (Å²) in [6.45, 7) is 8.18. The highest BCUT2D eigenvalue weighted by Gasteiger charge is 2.16. The molecule has 1 N–H and O–H groups in total. The van der Waals surface area contributed by atoms with E-state index in [0.29, 0.717) is 6.54 Å². The number of aryl methyl sites for hydroxylation is 1. The van der Waals surface area contributed by atoms with Crippen molar-refractivity contribution in [1.82, 2.24) is 9.55 Å². The van der Waals surface area contributed by atoms with Crippen LogP contribution < -0.4 is 5.32 Å². The minimum absolute atomic E-state index is 0.446. The Morgan fingerprint density at radius 2 is 2.14 bits per heavy atom. The summed E-state index contributed by atoms with van der Waals surface area (Å²) in [7, 11) is 0. The van der Waals surface area contributed by atoms with Gasteiger partial charge in [0.25, 0.3) is 0 Å². The van der Waals surface area contributed by atoms with E-state index in [1.165, 1.54) is 0 Å². The molecule has 0 aliphatic carbocycles. The molecule has 0 bridgehead atoms. The largest absolute Gasteiger partial charge is 0.444 e. The number of hydrogen-bond acceptors (Lipinski definition) is 3. The Kier molecular flexibility index (Phi) is 4.31. The molecule has 0 saturated heterocycles. The number of rotatable bonds is 3. The number of anilines is 1. The van der Waals surface area contributed by atoms with E-state index in [0.717, 1.165) is 16.9 Å². The summed E-state index contributed by atoms with van der Waals surface area (Å²) in [6.07, 6.45) is 3.33. The van der Waals surface area contributed by atoms with E-state index in [1.54, 1.807) is 6.33 Å². The van der Waals surface area contributed by atoms with E-state index < -0.39 is 11.7 Å². The summed E-state index contributed by atoms with van der Waals surface area (Å²) in [5.41, 5.74) is 2.29. The Bertz CT molecular complexity index is 626. The van der Waals surface area contributed by atoms with Gasteiger partial charge in [0.15, 0.2) is 0 Å². The fourth-order valence-electron chi connectivity index (χ4n) is 1.94. The molecule has 2 aromatic rings. The van der Waals surface area contributed by atoms with Crippen molar-refractivity contribution in [2.75, 3.05) is 5.32 Å².